The fourth-order valence-corrected chi connectivity index (χ4v) is 2.91. The van der Waals surface area contributed by atoms with Gasteiger partial charge in [-0.2, -0.15) is 5.10 Å². The van der Waals surface area contributed by atoms with Crippen molar-refractivity contribution < 1.29 is 9.53 Å². The summed E-state index contributed by atoms with van der Waals surface area (Å²) in [4.78, 5) is 18.3. The lowest BCUT2D eigenvalue weighted by Gasteiger charge is -2.16. The zero-order valence-electron chi connectivity index (χ0n) is 14.0. The molecule has 0 radical (unpaired) electrons. The van der Waals surface area contributed by atoms with Crippen LogP contribution in [0.1, 0.15) is 6.42 Å². The molecule has 2 heterocycles. The van der Waals surface area contributed by atoms with Gasteiger partial charge in [0.1, 0.15) is 0 Å². The van der Waals surface area contributed by atoms with Crippen molar-refractivity contribution in [2.75, 3.05) is 38.7 Å². The minimum atomic E-state index is 0.165. The van der Waals surface area contributed by atoms with Gasteiger partial charge in [0.25, 0.3) is 0 Å². The molecule has 1 aliphatic heterocycles. The predicted molar refractivity (Wildman–Crippen MR) is 95.3 cm³/mol. The highest BCUT2D eigenvalue weighted by molar-refractivity contribution is 6.30. The van der Waals surface area contributed by atoms with Gasteiger partial charge >= 0.3 is 0 Å². The van der Waals surface area contributed by atoms with Crippen LogP contribution in [0.15, 0.2) is 30.5 Å². The van der Waals surface area contributed by atoms with E-state index in [4.69, 9.17) is 16.3 Å². The molecule has 1 aromatic heterocycles. The Morgan fingerprint density at radius 1 is 1.36 bits per heavy atom. The molecule has 0 aliphatic carbocycles. The quantitative estimate of drug-likeness (QED) is 0.813. The Balaban J connectivity index is 1.58. The monoisotopic (exact) mass is 361 g/mol. The molecule has 8 heteroatoms. The average molecular weight is 362 g/mol. The first kappa shape index (κ1) is 17.6. The molecule has 0 bridgehead atoms. The highest BCUT2D eigenvalue weighted by atomic mass is 35.5. The Labute approximate surface area is 151 Å². The maximum absolute atomic E-state index is 12.0. The molecule has 7 nitrogen and oxygen atoms in total. The molecule has 1 N–H and O–H groups in total. The first-order valence-electron chi connectivity index (χ1n) is 8.12. The summed E-state index contributed by atoms with van der Waals surface area (Å²) in [5.41, 5.74) is 1.64. The van der Waals surface area contributed by atoms with Gasteiger partial charge in [-0.15, -0.1) is 5.10 Å². The number of benzene rings is 1. The summed E-state index contributed by atoms with van der Waals surface area (Å²) in [6, 6.07) is 7.40. The van der Waals surface area contributed by atoms with Gasteiger partial charge in [0.05, 0.1) is 18.5 Å². The minimum absolute atomic E-state index is 0.165. The van der Waals surface area contributed by atoms with Crippen molar-refractivity contribution in [3.63, 3.8) is 0 Å². The third-order valence-electron chi connectivity index (χ3n) is 4.11. The summed E-state index contributed by atoms with van der Waals surface area (Å²) in [6.45, 7) is 2.54. The number of ether oxygens (including phenoxy) is 1. The molecule has 132 valence electrons. The SMILES string of the molecule is COCCN1C[C@@H](CNc2nncc(-c3ccc(Cl)cc3)n2)CC1=O. The number of amides is 1. The lowest BCUT2D eigenvalue weighted by molar-refractivity contribution is -0.128. The van der Waals surface area contributed by atoms with E-state index < -0.39 is 0 Å². The summed E-state index contributed by atoms with van der Waals surface area (Å²) < 4.78 is 5.03. The molecule has 1 aliphatic rings. The maximum atomic E-state index is 12.0. The van der Waals surface area contributed by atoms with Gasteiger partial charge in [-0.25, -0.2) is 4.98 Å². The smallest absolute Gasteiger partial charge is 0.243 e. The van der Waals surface area contributed by atoms with E-state index in [0.29, 0.717) is 37.1 Å². The van der Waals surface area contributed by atoms with Crippen molar-refractivity contribution in [3.05, 3.63) is 35.5 Å². The lowest BCUT2D eigenvalue weighted by Crippen LogP contribution is -2.29. The van der Waals surface area contributed by atoms with Gasteiger partial charge in [-0.05, 0) is 12.1 Å². The molecule has 1 fully saturated rings. The number of hydrogen-bond acceptors (Lipinski definition) is 6. The fourth-order valence-electron chi connectivity index (χ4n) is 2.78. The number of carbonyl (C=O) groups is 1. The summed E-state index contributed by atoms with van der Waals surface area (Å²) in [5, 5.41) is 11.9. The van der Waals surface area contributed by atoms with Gasteiger partial charge in [-0.1, -0.05) is 23.7 Å². The number of rotatable bonds is 7. The second-order valence-corrected chi connectivity index (χ2v) is 6.39. The number of aromatic nitrogens is 3. The third kappa shape index (κ3) is 4.64. The van der Waals surface area contributed by atoms with Crippen LogP contribution in [0.2, 0.25) is 5.02 Å². The summed E-state index contributed by atoms with van der Waals surface area (Å²) in [5.74, 6) is 0.847. The number of halogens is 1. The Bertz CT molecular complexity index is 725. The molecule has 1 saturated heterocycles. The zero-order chi connectivity index (χ0) is 17.6. The summed E-state index contributed by atoms with van der Waals surface area (Å²) in [6.07, 6.45) is 2.14. The molecule has 2 aromatic rings. The number of hydrogen-bond donors (Lipinski definition) is 1. The van der Waals surface area contributed by atoms with E-state index in [2.05, 4.69) is 20.5 Å². The van der Waals surface area contributed by atoms with Gasteiger partial charge < -0.3 is 15.0 Å². The van der Waals surface area contributed by atoms with Crippen molar-refractivity contribution in [1.29, 1.82) is 0 Å². The Morgan fingerprint density at radius 3 is 2.92 bits per heavy atom. The molecule has 1 amide bonds. The lowest BCUT2D eigenvalue weighted by atomic mass is 10.1. The van der Waals surface area contributed by atoms with E-state index in [9.17, 15) is 4.79 Å². The first-order valence-corrected chi connectivity index (χ1v) is 8.49. The van der Waals surface area contributed by atoms with Crippen molar-refractivity contribution in [2.45, 2.75) is 6.42 Å². The molecule has 1 atom stereocenters. The van der Waals surface area contributed by atoms with Crippen molar-refractivity contribution in [3.8, 4) is 11.3 Å². The molecule has 0 saturated carbocycles. The number of likely N-dealkylation sites (tertiary alicyclic amines) is 1. The highest BCUT2D eigenvalue weighted by Crippen LogP contribution is 2.20. The van der Waals surface area contributed by atoms with Gasteiger partial charge in [-0.3, -0.25) is 4.79 Å². The van der Waals surface area contributed by atoms with Crippen LogP contribution in [0.25, 0.3) is 11.3 Å². The van der Waals surface area contributed by atoms with Crippen LogP contribution in [0, 0.1) is 5.92 Å². The topological polar surface area (TPSA) is 80.2 Å². The second-order valence-electron chi connectivity index (χ2n) is 5.96. The van der Waals surface area contributed by atoms with Gasteiger partial charge in [0, 0.05) is 49.7 Å². The summed E-state index contributed by atoms with van der Waals surface area (Å²) in [7, 11) is 1.64. The van der Waals surface area contributed by atoms with Crippen molar-refractivity contribution >= 4 is 23.5 Å². The Hall–Kier alpha value is -2.25. The molecule has 0 unspecified atom stereocenters. The van der Waals surface area contributed by atoms with E-state index in [1.807, 2.05) is 29.2 Å². The van der Waals surface area contributed by atoms with Crippen LogP contribution >= 0.6 is 11.6 Å². The number of nitrogens with one attached hydrogen (secondary N) is 1. The van der Waals surface area contributed by atoms with Crippen LogP contribution in [-0.4, -0.2) is 59.3 Å². The largest absolute Gasteiger partial charge is 0.383 e. The van der Waals surface area contributed by atoms with E-state index >= 15 is 0 Å². The molecular formula is C17H20ClN5O2. The number of carbonyl (C=O) groups excluding carboxylic acids is 1. The van der Waals surface area contributed by atoms with E-state index in [0.717, 1.165) is 17.8 Å². The minimum Gasteiger partial charge on any atom is -0.383 e. The predicted octanol–water partition coefficient (Wildman–Crippen LogP) is 2.10. The Kier molecular flexibility index (Phi) is 5.78. The third-order valence-corrected chi connectivity index (χ3v) is 4.36. The maximum Gasteiger partial charge on any atom is 0.243 e. The van der Waals surface area contributed by atoms with Crippen LogP contribution in [0.4, 0.5) is 5.95 Å². The molecule has 0 spiro atoms. The van der Waals surface area contributed by atoms with Gasteiger partial charge in [0.2, 0.25) is 11.9 Å². The molecule has 3 rings (SSSR count). The first-order chi connectivity index (χ1) is 12.2. The zero-order valence-corrected chi connectivity index (χ0v) is 14.7. The average Bonchev–Trinajstić information content (AvgIpc) is 2.99. The standard InChI is InChI=1S/C17H20ClN5O2/c1-25-7-6-23-11-12(8-16(23)24)9-19-17-21-15(10-20-22-17)13-2-4-14(18)5-3-13/h2-5,10,12H,6-9,11H2,1H3,(H,19,21,22)/t12-/m1/s1. The van der Waals surface area contributed by atoms with Crippen LogP contribution in [0.3, 0.4) is 0 Å². The fraction of sp³-hybridized carbons (Fsp3) is 0.412. The number of nitrogens with zero attached hydrogens (tertiary/aromatic N) is 4. The second kappa shape index (κ2) is 8.22. The Morgan fingerprint density at radius 2 is 2.16 bits per heavy atom. The van der Waals surface area contributed by atoms with Crippen molar-refractivity contribution in [2.24, 2.45) is 5.92 Å². The summed E-state index contributed by atoms with van der Waals surface area (Å²) >= 11 is 5.91. The van der Waals surface area contributed by atoms with Crippen LogP contribution < -0.4 is 5.32 Å². The van der Waals surface area contributed by atoms with Crippen molar-refractivity contribution in [1.82, 2.24) is 20.1 Å². The molecule has 1 aromatic carbocycles. The number of anilines is 1. The van der Waals surface area contributed by atoms with Crippen LogP contribution in [-0.2, 0) is 9.53 Å². The molecule has 25 heavy (non-hydrogen) atoms. The number of methoxy groups -OCH3 is 1. The van der Waals surface area contributed by atoms with Gasteiger partial charge in [0.15, 0.2) is 0 Å². The van der Waals surface area contributed by atoms with E-state index in [1.165, 1.54) is 0 Å². The molecular weight excluding hydrogens is 342 g/mol. The van der Waals surface area contributed by atoms with E-state index in [-0.39, 0.29) is 11.8 Å². The van der Waals surface area contributed by atoms with E-state index in [1.54, 1.807) is 13.3 Å². The normalized spacial score (nSPS) is 17.1. The highest BCUT2D eigenvalue weighted by Gasteiger charge is 2.29. The van der Waals surface area contributed by atoms with Crippen LogP contribution in [0.5, 0.6) is 0 Å².